The van der Waals surface area contributed by atoms with Crippen molar-refractivity contribution in [2.24, 2.45) is 0 Å². The standard InChI is InChI=1S/C14H13.3H2O.Sn/c1-12(13-8-4-2-5-9-13)14-10-6-3-7-11-14;;;;/h2-12H,1H2;3*1H2;/q;;;;+3/p-3. The van der Waals surface area contributed by atoms with Gasteiger partial charge in [0.2, 0.25) is 0 Å². The average molecular weight is 351 g/mol. The van der Waals surface area contributed by atoms with E-state index in [1.807, 2.05) is 0 Å². The summed E-state index contributed by atoms with van der Waals surface area (Å²) in [5.41, 5.74) is 2.86. The summed E-state index contributed by atoms with van der Waals surface area (Å²) in [5.74, 6) is 0.575. The molecule has 0 aliphatic heterocycles. The van der Waals surface area contributed by atoms with E-state index < -0.39 is 0 Å². The Hall–Kier alpha value is -0.881. The fourth-order valence-corrected chi connectivity index (χ4v) is 3.14. The van der Waals surface area contributed by atoms with Crippen molar-refractivity contribution in [1.29, 1.82) is 0 Å². The third-order valence-electron chi connectivity index (χ3n) is 2.61. The first-order chi connectivity index (χ1) is 7.42. The molecular formula is C14H16O3Sn. The van der Waals surface area contributed by atoms with Gasteiger partial charge in [0.05, 0.1) is 0 Å². The molecule has 3 N–H and O–H groups in total. The number of rotatable bonds is 3. The first-order valence-electron chi connectivity index (χ1n) is 5.16. The van der Waals surface area contributed by atoms with Crippen LogP contribution in [-0.2, 0) is 0 Å². The molecule has 0 spiro atoms. The molecule has 0 fully saturated rings. The van der Waals surface area contributed by atoms with E-state index >= 15 is 0 Å². The average Bonchev–Trinajstić information content (AvgIpc) is 2.33. The first kappa shape index (κ1) is 19.5. The van der Waals surface area contributed by atoms with Gasteiger partial charge in [0.1, 0.15) is 0 Å². The SMILES string of the molecule is [OH-].[OH-].[OH-].[Sn+3][CH2]C(c1ccccc1)c1ccccc1. The summed E-state index contributed by atoms with van der Waals surface area (Å²) < 4.78 is 1.24. The van der Waals surface area contributed by atoms with Crippen LogP contribution < -0.4 is 0 Å². The van der Waals surface area contributed by atoms with Gasteiger partial charge in [0, 0.05) is 0 Å². The van der Waals surface area contributed by atoms with Crippen molar-refractivity contribution in [3.8, 4) is 0 Å². The number of hydrogen-bond acceptors (Lipinski definition) is 3. The van der Waals surface area contributed by atoms with Crippen LogP contribution in [0.1, 0.15) is 17.0 Å². The molecule has 0 amide bonds. The van der Waals surface area contributed by atoms with Crippen molar-refractivity contribution >= 4 is 22.5 Å². The molecule has 0 atom stereocenters. The Balaban J connectivity index is 0. The van der Waals surface area contributed by atoms with Crippen molar-refractivity contribution in [1.82, 2.24) is 0 Å². The molecule has 0 saturated carbocycles. The third kappa shape index (κ3) is 4.78. The van der Waals surface area contributed by atoms with E-state index in [0.29, 0.717) is 5.92 Å². The Morgan fingerprint density at radius 3 is 1.28 bits per heavy atom. The molecule has 2 rings (SSSR count). The normalized spacial score (nSPS) is 8.83. The number of benzene rings is 2. The van der Waals surface area contributed by atoms with E-state index in [2.05, 4.69) is 60.7 Å². The van der Waals surface area contributed by atoms with Crippen molar-refractivity contribution in [3.63, 3.8) is 0 Å². The molecule has 0 bridgehead atoms. The zero-order chi connectivity index (χ0) is 10.5. The summed E-state index contributed by atoms with van der Waals surface area (Å²) in [7, 11) is 0. The second-order valence-electron chi connectivity index (χ2n) is 3.58. The summed E-state index contributed by atoms with van der Waals surface area (Å²) in [4.78, 5) is 0. The Morgan fingerprint density at radius 2 is 1.00 bits per heavy atom. The molecule has 0 aliphatic rings. The maximum atomic E-state index is 2.22. The van der Waals surface area contributed by atoms with Crippen molar-refractivity contribution in [3.05, 3.63) is 71.8 Å². The summed E-state index contributed by atoms with van der Waals surface area (Å²) in [5, 5.41) is 0. The van der Waals surface area contributed by atoms with Crippen molar-refractivity contribution in [2.75, 3.05) is 0 Å². The van der Waals surface area contributed by atoms with Gasteiger partial charge >= 0.3 is 105 Å². The molecule has 0 aromatic heterocycles. The van der Waals surface area contributed by atoms with E-state index in [-0.39, 0.29) is 16.4 Å². The predicted octanol–water partition coefficient (Wildman–Crippen LogP) is 2.87. The van der Waals surface area contributed by atoms with Gasteiger partial charge in [-0.1, -0.05) is 0 Å². The van der Waals surface area contributed by atoms with Gasteiger partial charge < -0.3 is 16.4 Å². The minimum atomic E-state index is 0. The minimum absolute atomic E-state index is 0. The van der Waals surface area contributed by atoms with Gasteiger partial charge in [-0.3, -0.25) is 0 Å². The van der Waals surface area contributed by atoms with Crippen LogP contribution in [0.15, 0.2) is 60.7 Å². The zero-order valence-electron chi connectivity index (χ0n) is 9.90. The number of hydrogen-bond donors (Lipinski definition) is 0. The molecule has 2 aromatic rings. The molecule has 2 aromatic carbocycles. The molecule has 3 nitrogen and oxygen atoms in total. The quantitative estimate of drug-likeness (QED) is 0.797. The van der Waals surface area contributed by atoms with Crippen LogP contribution in [-0.4, -0.2) is 39.0 Å². The molecule has 0 unspecified atom stereocenters. The van der Waals surface area contributed by atoms with Crippen LogP contribution >= 0.6 is 0 Å². The molecular weight excluding hydrogens is 335 g/mol. The van der Waals surface area contributed by atoms with Gasteiger partial charge in [-0.25, -0.2) is 0 Å². The Bertz CT molecular complexity index is 366. The zero-order valence-corrected chi connectivity index (χ0v) is 12.8. The van der Waals surface area contributed by atoms with Gasteiger partial charge in [-0.15, -0.1) is 0 Å². The first-order valence-corrected chi connectivity index (χ1v) is 7.18. The van der Waals surface area contributed by atoms with Crippen LogP contribution in [0.4, 0.5) is 0 Å². The molecule has 94 valence electrons. The van der Waals surface area contributed by atoms with Crippen molar-refractivity contribution < 1.29 is 16.4 Å². The summed E-state index contributed by atoms with van der Waals surface area (Å²) >= 11 is 1.59. The molecule has 0 radical (unpaired) electrons. The Kier molecular flexibility index (Phi) is 10.9. The third-order valence-corrected chi connectivity index (χ3v) is 3.77. The van der Waals surface area contributed by atoms with E-state index in [1.165, 1.54) is 15.6 Å². The molecule has 0 saturated heterocycles. The van der Waals surface area contributed by atoms with Crippen LogP contribution in [0, 0.1) is 0 Å². The second kappa shape index (κ2) is 10.1. The maximum absolute atomic E-state index is 2.22. The molecule has 4 heteroatoms. The van der Waals surface area contributed by atoms with E-state index in [0.717, 1.165) is 0 Å². The summed E-state index contributed by atoms with van der Waals surface area (Å²) in [6.07, 6.45) is 0. The summed E-state index contributed by atoms with van der Waals surface area (Å²) in [6.45, 7) is 0. The van der Waals surface area contributed by atoms with E-state index in [9.17, 15) is 0 Å². The molecule has 0 aliphatic carbocycles. The van der Waals surface area contributed by atoms with Crippen LogP contribution in [0.25, 0.3) is 0 Å². The molecule has 0 heterocycles. The summed E-state index contributed by atoms with van der Waals surface area (Å²) in [6, 6.07) is 21.5. The van der Waals surface area contributed by atoms with Gasteiger partial charge in [-0.05, 0) is 0 Å². The van der Waals surface area contributed by atoms with E-state index in [1.54, 1.807) is 22.5 Å². The second-order valence-corrected chi connectivity index (χ2v) is 4.74. The van der Waals surface area contributed by atoms with Crippen molar-refractivity contribution in [2.45, 2.75) is 10.4 Å². The fraction of sp³-hybridized carbons (Fsp3) is 0.143. The topological polar surface area (TPSA) is 90.0 Å². The fourth-order valence-electron chi connectivity index (χ4n) is 1.80. The van der Waals surface area contributed by atoms with E-state index in [4.69, 9.17) is 0 Å². The van der Waals surface area contributed by atoms with Gasteiger partial charge in [-0.2, -0.15) is 0 Å². The van der Waals surface area contributed by atoms with Crippen LogP contribution in [0.3, 0.4) is 0 Å². The Morgan fingerprint density at radius 1 is 0.667 bits per heavy atom. The van der Waals surface area contributed by atoms with Crippen LogP contribution in [0.5, 0.6) is 0 Å². The van der Waals surface area contributed by atoms with Crippen LogP contribution in [0.2, 0.25) is 4.44 Å². The molecule has 18 heavy (non-hydrogen) atoms. The monoisotopic (exact) mass is 352 g/mol. The predicted molar refractivity (Wildman–Crippen MR) is 71.1 cm³/mol. The van der Waals surface area contributed by atoms with Gasteiger partial charge in [0.15, 0.2) is 0 Å². The van der Waals surface area contributed by atoms with Gasteiger partial charge in [0.25, 0.3) is 0 Å². The Labute approximate surface area is 121 Å².